The molecule has 0 aliphatic carbocycles. The predicted molar refractivity (Wildman–Crippen MR) is 86.4 cm³/mol. The fraction of sp³-hybridized carbons (Fsp3) is 0.333. The molecule has 0 fully saturated rings. The molecule has 0 aliphatic rings. The minimum Gasteiger partial charge on any atom is -0.307 e. The van der Waals surface area contributed by atoms with Gasteiger partial charge >= 0.3 is 0 Å². The Labute approximate surface area is 134 Å². The van der Waals surface area contributed by atoms with Crippen LogP contribution in [0.15, 0.2) is 24.3 Å². The smallest absolute Gasteiger partial charge is 0.258 e. The lowest BCUT2D eigenvalue weighted by atomic mass is 10.1. The van der Waals surface area contributed by atoms with Crippen molar-refractivity contribution < 1.29 is 4.79 Å². The summed E-state index contributed by atoms with van der Waals surface area (Å²) in [6.07, 6.45) is 0. The number of carbonyl (C=O) groups is 1. The van der Waals surface area contributed by atoms with E-state index in [4.69, 9.17) is 23.2 Å². The number of hydrogen-bond acceptors (Lipinski definition) is 2. The number of nitrogens with one attached hydrogen (secondary N) is 1. The second-order valence-electron chi connectivity index (χ2n) is 5.83. The highest BCUT2D eigenvalue weighted by atomic mass is 35.5. The molecule has 0 saturated heterocycles. The molecule has 1 aromatic heterocycles. The van der Waals surface area contributed by atoms with Gasteiger partial charge in [-0.1, -0.05) is 23.2 Å². The first-order valence-electron chi connectivity index (χ1n) is 6.52. The number of amides is 1. The quantitative estimate of drug-likeness (QED) is 0.883. The number of aromatic nitrogens is 2. The molecule has 0 aliphatic heterocycles. The molecule has 2 rings (SSSR count). The van der Waals surface area contributed by atoms with Crippen molar-refractivity contribution in [2.24, 2.45) is 0 Å². The Hall–Kier alpha value is -1.52. The summed E-state index contributed by atoms with van der Waals surface area (Å²) in [5.74, 6) is 0.345. The maximum Gasteiger partial charge on any atom is 0.258 e. The Morgan fingerprint density at radius 2 is 1.90 bits per heavy atom. The molecule has 0 radical (unpaired) electrons. The molecule has 1 heterocycles. The van der Waals surface area contributed by atoms with E-state index >= 15 is 0 Å². The van der Waals surface area contributed by atoms with E-state index < -0.39 is 0 Å². The van der Waals surface area contributed by atoms with Crippen LogP contribution in [0.1, 0.15) is 36.8 Å². The first kappa shape index (κ1) is 15.9. The molecule has 0 atom stereocenters. The highest BCUT2D eigenvalue weighted by Crippen LogP contribution is 2.24. The lowest BCUT2D eigenvalue weighted by Crippen LogP contribution is -2.26. The lowest BCUT2D eigenvalue weighted by molar-refractivity contribution is 0.102. The van der Waals surface area contributed by atoms with Crippen LogP contribution in [0.4, 0.5) is 5.82 Å². The molecule has 0 bridgehead atoms. The third-order valence-electron chi connectivity index (χ3n) is 2.88. The number of halogens is 2. The van der Waals surface area contributed by atoms with Gasteiger partial charge in [-0.3, -0.25) is 4.79 Å². The molecule has 2 aromatic rings. The SMILES string of the molecule is Cc1cc(NC(=O)c2ccc(Cl)cc2Cl)n(C(C)(C)C)n1. The summed E-state index contributed by atoms with van der Waals surface area (Å²) in [7, 11) is 0. The zero-order chi connectivity index (χ0) is 15.8. The van der Waals surface area contributed by atoms with Gasteiger partial charge in [0.25, 0.3) is 5.91 Å². The van der Waals surface area contributed by atoms with Crippen molar-refractivity contribution in [2.45, 2.75) is 33.2 Å². The van der Waals surface area contributed by atoms with Crippen LogP contribution in [0.3, 0.4) is 0 Å². The average molecular weight is 326 g/mol. The number of benzene rings is 1. The summed E-state index contributed by atoms with van der Waals surface area (Å²) < 4.78 is 1.78. The van der Waals surface area contributed by atoms with E-state index in [1.165, 1.54) is 0 Å². The van der Waals surface area contributed by atoms with Crippen LogP contribution in [0.5, 0.6) is 0 Å². The standard InChI is InChI=1S/C15H17Cl2N3O/c1-9-7-13(20(19-9)15(2,3)4)18-14(21)11-6-5-10(16)8-12(11)17/h5-8H,1-4H3,(H,18,21). The summed E-state index contributed by atoms with van der Waals surface area (Å²) >= 11 is 11.9. The van der Waals surface area contributed by atoms with Crippen molar-refractivity contribution in [3.05, 3.63) is 45.6 Å². The maximum atomic E-state index is 12.4. The second kappa shape index (κ2) is 5.70. The molecular formula is C15H17Cl2N3O. The Balaban J connectivity index is 2.32. The molecular weight excluding hydrogens is 309 g/mol. The van der Waals surface area contributed by atoms with Gasteiger partial charge < -0.3 is 5.32 Å². The van der Waals surface area contributed by atoms with Gasteiger partial charge in [-0.05, 0) is 45.9 Å². The summed E-state index contributed by atoms with van der Waals surface area (Å²) in [5.41, 5.74) is 0.975. The van der Waals surface area contributed by atoms with Crippen molar-refractivity contribution in [1.82, 2.24) is 9.78 Å². The Morgan fingerprint density at radius 1 is 1.24 bits per heavy atom. The van der Waals surface area contributed by atoms with Crippen LogP contribution in [0, 0.1) is 6.92 Å². The molecule has 21 heavy (non-hydrogen) atoms. The van der Waals surface area contributed by atoms with Crippen LogP contribution < -0.4 is 5.32 Å². The number of hydrogen-bond donors (Lipinski definition) is 1. The monoisotopic (exact) mass is 325 g/mol. The van der Waals surface area contributed by atoms with Gasteiger partial charge in [0.15, 0.2) is 0 Å². The van der Waals surface area contributed by atoms with Gasteiger partial charge in [-0.25, -0.2) is 4.68 Å². The van der Waals surface area contributed by atoms with Crippen molar-refractivity contribution in [3.8, 4) is 0 Å². The van der Waals surface area contributed by atoms with E-state index in [9.17, 15) is 4.79 Å². The van der Waals surface area contributed by atoms with Gasteiger partial charge in [0.2, 0.25) is 0 Å². The zero-order valence-corrected chi connectivity index (χ0v) is 13.9. The van der Waals surface area contributed by atoms with E-state index in [0.29, 0.717) is 21.4 Å². The lowest BCUT2D eigenvalue weighted by Gasteiger charge is -2.22. The number of carbonyl (C=O) groups excluding carboxylic acids is 1. The van der Waals surface area contributed by atoms with E-state index in [0.717, 1.165) is 5.69 Å². The van der Waals surface area contributed by atoms with E-state index in [2.05, 4.69) is 10.4 Å². The molecule has 1 aromatic carbocycles. The third kappa shape index (κ3) is 3.57. The molecule has 0 unspecified atom stereocenters. The summed E-state index contributed by atoms with van der Waals surface area (Å²) in [5, 5.41) is 8.07. The largest absolute Gasteiger partial charge is 0.307 e. The predicted octanol–water partition coefficient (Wildman–Crippen LogP) is 4.51. The van der Waals surface area contributed by atoms with E-state index in [-0.39, 0.29) is 11.4 Å². The number of anilines is 1. The van der Waals surface area contributed by atoms with Crippen molar-refractivity contribution in [2.75, 3.05) is 5.32 Å². The van der Waals surface area contributed by atoms with Gasteiger partial charge in [-0.2, -0.15) is 5.10 Å². The highest BCUT2D eigenvalue weighted by Gasteiger charge is 2.21. The van der Waals surface area contributed by atoms with Crippen molar-refractivity contribution in [1.29, 1.82) is 0 Å². The summed E-state index contributed by atoms with van der Waals surface area (Å²) in [6, 6.07) is 6.61. The minimum atomic E-state index is -0.290. The fourth-order valence-electron chi connectivity index (χ4n) is 1.96. The van der Waals surface area contributed by atoms with Gasteiger partial charge in [0.05, 0.1) is 21.8 Å². The van der Waals surface area contributed by atoms with E-state index in [1.54, 1.807) is 22.9 Å². The molecule has 1 N–H and O–H groups in total. The molecule has 4 nitrogen and oxygen atoms in total. The van der Waals surface area contributed by atoms with Crippen LogP contribution in [0.25, 0.3) is 0 Å². The fourth-order valence-corrected chi connectivity index (χ4v) is 2.45. The zero-order valence-electron chi connectivity index (χ0n) is 12.4. The van der Waals surface area contributed by atoms with Crippen LogP contribution in [-0.4, -0.2) is 15.7 Å². The van der Waals surface area contributed by atoms with Crippen LogP contribution in [0.2, 0.25) is 10.0 Å². The Morgan fingerprint density at radius 3 is 2.48 bits per heavy atom. The van der Waals surface area contributed by atoms with Crippen molar-refractivity contribution >= 4 is 34.9 Å². The average Bonchev–Trinajstić information content (AvgIpc) is 2.69. The van der Waals surface area contributed by atoms with E-state index in [1.807, 2.05) is 33.8 Å². The molecule has 6 heteroatoms. The summed E-state index contributed by atoms with van der Waals surface area (Å²) in [4.78, 5) is 12.4. The van der Waals surface area contributed by atoms with Gasteiger partial charge in [0, 0.05) is 11.1 Å². The van der Waals surface area contributed by atoms with Gasteiger partial charge in [-0.15, -0.1) is 0 Å². The topological polar surface area (TPSA) is 46.9 Å². The number of nitrogens with zero attached hydrogens (tertiary/aromatic N) is 2. The Kier molecular flexibility index (Phi) is 4.30. The maximum absolute atomic E-state index is 12.4. The van der Waals surface area contributed by atoms with Crippen LogP contribution in [-0.2, 0) is 5.54 Å². The normalized spacial score (nSPS) is 11.5. The first-order valence-corrected chi connectivity index (χ1v) is 7.27. The second-order valence-corrected chi connectivity index (χ2v) is 6.68. The third-order valence-corrected chi connectivity index (χ3v) is 3.43. The van der Waals surface area contributed by atoms with Crippen molar-refractivity contribution in [3.63, 3.8) is 0 Å². The van der Waals surface area contributed by atoms with Crippen LogP contribution >= 0.6 is 23.2 Å². The first-order chi connectivity index (χ1) is 9.68. The number of rotatable bonds is 2. The summed E-state index contributed by atoms with van der Waals surface area (Å²) in [6.45, 7) is 7.94. The molecule has 112 valence electrons. The number of aryl methyl sites for hydroxylation is 1. The minimum absolute atomic E-state index is 0.235. The van der Waals surface area contributed by atoms with Gasteiger partial charge in [0.1, 0.15) is 5.82 Å². The highest BCUT2D eigenvalue weighted by molar-refractivity contribution is 6.37. The molecule has 0 saturated carbocycles. The Bertz CT molecular complexity index is 687. The molecule has 1 amide bonds. The molecule has 0 spiro atoms.